The Balaban J connectivity index is 1.86. The largest absolute Gasteiger partial charge is 0.481 e. The van der Waals surface area contributed by atoms with Crippen LogP contribution in [0.25, 0.3) is 10.8 Å². The van der Waals surface area contributed by atoms with E-state index in [9.17, 15) is 9.90 Å². The molecular formula is C23H22ClNO2. The predicted molar refractivity (Wildman–Crippen MR) is 109 cm³/mol. The fourth-order valence-corrected chi connectivity index (χ4v) is 4.43. The van der Waals surface area contributed by atoms with Crippen molar-refractivity contribution in [2.75, 3.05) is 13.1 Å². The van der Waals surface area contributed by atoms with Gasteiger partial charge in [0.25, 0.3) is 0 Å². The molecule has 0 saturated carbocycles. The maximum absolute atomic E-state index is 11.6. The van der Waals surface area contributed by atoms with Crippen molar-refractivity contribution >= 4 is 28.3 Å². The number of carbonyl (C=O) groups is 1. The fourth-order valence-electron chi connectivity index (χ4n) is 4.19. The van der Waals surface area contributed by atoms with Gasteiger partial charge in [0.05, 0.1) is 12.0 Å². The molecule has 1 saturated heterocycles. The molecule has 3 nitrogen and oxygen atoms in total. The van der Waals surface area contributed by atoms with Crippen LogP contribution in [0.2, 0.25) is 5.02 Å². The zero-order chi connectivity index (χ0) is 18.8. The van der Waals surface area contributed by atoms with Crippen molar-refractivity contribution in [1.29, 1.82) is 0 Å². The van der Waals surface area contributed by atoms with E-state index < -0.39 is 5.97 Å². The Morgan fingerprint density at radius 2 is 1.70 bits per heavy atom. The van der Waals surface area contributed by atoms with Crippen LogP contribution in [-0.4, -0.2) is 29.1 Å². The summed E-state index contributed by atoms with van der Waals surface area (Å²) >= 11 is 6.60. The normalized spacial score (nSPS) is 19.1. The monoisotopic (exact) mass is 379 g/mol. The lowest BCUT2D eigenvalue weighted by molar-refractivity contribution is -0.143. The van der Waals surface area contributed by atoms with Crippen molar-refractivity contribution in [3.8, 4) is 0 Å². The second-order valence-electron chi connectivity index (χ2n) is 7.16. The number of hydrogen-bond donors (Lipinski definition) is 1. The maximum atomic E-state index is 11.6. The van der Waals surface area contributed by atoms with Gasteiger partial charge in [0.2, 0.25) is 0 Å². The summed E-state index contributed by atoms with van der Waals surface area (Å²) in [7, 11) is 0. The van der Waals surface area contributed by atoms with Gasteiger partial charge in [0.15, 0.2) is 0 Å². The molecule has 27 heavy (non-hydrogen) atoms. The summed E-state index contributed by atoms with van der Waals surface area (Å²) in [6.45, 7) is 1.40. The van der Waals surface area contributed by atoms with Crippen LogP contribution in [0.4, 0.5) is 0 Å². The van der Waals surface area contributed by atoms with Crippen molar-refractivity contribution < 1.29 is 9.90 Å². The number of halogens is 1. The fraction of sp³-hybridized carbons (Fsp3) is 0.261. The zero-order valence-electron chi connectivity index (χ0n) is 15.0. The van der Waals surface area contributed by atoms with E-state index in [2.05, 4.69) is 41.3 Å². The topological polar surface area (TPSA) is 40.5 Å². The number of aliphatic carboxylic acids is 1. The minimum atomic E-state index is -0.712. The number of hydrogen-bond acceptors (Lipinski definition) is 2. The van der Waals surface area contributed by atoms with Crippen LogP contribution < -0.4 is 0 Å². The Hall–Kier alpha value is -2.36. The molecule has 1 fully saturated rings. The molecule has 3 aromatic rings. The first-order valence-electron chi connectivity index (χ1n) is 9.34. The van der Waals surface area contributed by atoms with Crippen molar-refractivity contribution in [3.05, 3.63) is 82.9 Å². The van der Waals surface area contributed by atoms with E-state index >= 15 is 0 Å². The third kappa shape index (κ3) is 3.58. The van der Waals surface area contributed by atoms with Crippen molar-refractivity contribution in [3.63, 3.8) is 0 Å². The first-order chi connectivity index (χ1) is 13.1. The van der Waals surface area contributed by atoms with E-state index in [0.717, 1.165) is 24.9 Å². The number of likely N-dealkylation sites (tertiary alicyclic amines) is 1. The van der Waals surface area contributed by atoms with E-state index in [1.54, 1.807) is 0 Å². The number of piperidine rings is 1. The van der Waals surface area contributed by atoms with E-state index in [-0.39, 0.29) is 12.0 Å². The summed E-state index contributed by atoms with van der Waals surface area (Å²) in [5.41, 5.74) is 2.20. The Morgan fingerprint density at radius 3 is 2.52 bits per heavy atom. The van der Waals surface area contributed by atoms with E-state index in [1.807, 2.05) is 30.3 Å². The molecule has 0 amide bonds. The molecule has 0 spiro atoms. The molecule has 2 atom stereocenters. The highest BCUT2D eigenvalue weighted by atomic mass is 35.5. The van der Waals surface area contributed by atoms with Gasteiger partial charge in [-0.25, -0.2) is 0 Å². The molecule has 0 bridgehead atoms. The van der Waals surface area contributed by atoms with Gasteiger partial charge in [0.1, 0.15) is 0 Å². The number of carboxylic acid groups (broad SMARTS) is 1. The van der Waals surface area contributed by atoms with Gasteiger partial charge < -0.3 is 5.11 Å². The molecule has 4 rings (SSSR count). The summed E-state index contributed by atoms with van der Waals surface area (Å²) in [4.78, 5) is 13.9. The molecule has 2 unspecified atom stereocenters. The number of fused-ring (bicyclic) bond motifs is 1. The minimum Gasteiger partial charge on any atom is -0.481 e. The van der Waals surface area contributed by atoms with Gasteiger partial charge in [-0.3, -0.25) is 9.69 Å². The highest BCUT2D eigenvalue weighted by Gasteiger charge is 2.32. The van der Waals surface area contributed by atoms with Gasteiger partial charge in [-0.2, -0.15) is 0 Å². The van der Waals surface area contributed by atoms with Crippen molar-refractivity contribution in [2.45, 2.75) is 18.9 Å². The Kier molecular flexibility index (Phi) is 5.15. The van der Waals surface area contributed by atoms with Gasteiger partial charge >= 0.3 is 5.97 Å². The zero-order valence-corrected chi connectivity index (χ0v) is 15.8. The van der Waals surface area contributed by atoms with Gasteiger partial charge in [-0.15, -0.1) is 0 Å². The smallest absolute Gasteiger partial charge is 0.307 e. The molecule has 0 radical (unpaired) electrons. The number of rotatable bonds is 4. The summed E-state index contributed by atoms with van der Waals surface area (Å²) in [5, 5.41) is 12.6. The summed E-state index contributed by atoms with van der Waals surface area (Å²) < 4.78 is 0. The van der Waals surface area contributed by atoms with E-state index in [1.165, 1.54) is 16.3 Å². The third-order valence-electron chi connectivity index (χ3n) is 5.48. The molecule has 4 heteroatoms. The SMILES string of the molecule is O=C(O)C1CCCN(C(c2ccccc2Cl)c2cccc3ccccc23)C1. The molecule has 0 aliphatic carbocycles. The molecular weight excluding hydrogens is 358 g/mol. The Morgan fingerprint density at radius 1 is 1.00 bits per heavy atom. The van der Waals surface area contributed by atoms with Crippen LogP contribution in [0.3, 0.4) is 0 Å². The Labute approximate surface area is 164 Å². The van der Waals surface area contributed by atoms with Gasteiger partial charge in [-0.05, 0) is 47.4 Å². The lowest BCUT2D eigenvalue weighted by atomic mass is 9.89. The molecule has 1 heterocycles. The van der Waals surface area contributed by atoms with Crippen LogP contribution in [0.15, 0.2) is 66.7 Å². The van der Waals surface area contributed by atoms with E-state index in [4.69, 9.17) is 11.6 Å². The molecule has 138 valence electrons. The lowest BCUT2D eigenvalue weighted by Gasteiger charge is -2.38. The number of benzene rings is 3. The molecule has 3 aromatic carbocycles. The van der Waals surface area contributed by atoms with Crippen LogP contribution in [0, 0.1) is 5.92 Å². The van der Waals surface area contributed by atoms with Crippen LogP contribution >= 0.6 is 11.6 Å². The lowest BCUT2D eigenvalue weighted by Crippen LogP contribution is -2.41. The summed E-state index contributed by atoms with van der Waals surface area (Å²) in [5.74, 6) is -1.05. The van der Waals surface area contributed by atoms with E-state index in [0.29, 0.717) is 11.6 Å². The molecule has 1 N–H and O–H groups in total. The first kappa shape index (κ1) is 18.0. The van der Waals surface area contributed by atoms with Crippen LogP contribution in [0.1, 0.15) is 30.0 Å². The van der Waals surface area contributed by atoms with Crippen LogP contribution in [-0.2, 0) is 4.79 Å². The first-order valence-corrected chi connectivity index (χ1v) is 9.72. The molecule has 0 aromatic heterocycles. The summed E-state index contributed by atoms with van der Waals surface area (Å²) in [6.07, 6.45) is 1.61. The Bertz CT molecular complexity index is 966. The van der Waals surface area contributed by atoms with Crippen LogP contribution in [0.5, 0.6) is 0 Å². The standard InChI is InChI=1S/C23H22ClNO2/c24-21-13-4-3-11-20(21)22(25-14-6-9-17(15-25)23(26)27)19-12-5-8-16-7-1-2-10-18(16)19/h1-5,7-8,10-13,17,22H,6,9,14-15H2,(H,26,27). The third-order valence-corrected chi connectivity index (χ3v) is 5.83. The van der Waals surface area contributed by atoms with Gasteiger partial charge in [-0.1, -0.05) is 72.3 Å². The summed E-state index contributed by atoms with van der Waals surface area (Å²) in [6, 6.07) is 22.5. The van der Waals surface area contributed by atoms with Gasteiger partial charge in [0, 0.05) is 11.6 Å². The number of nitrogens with zero attached hydrogens (tertiary/aromatic N) is 1. The molecule has 1 aliphatic heterocycles. The second-order valence-corrected chi connectivity index (χ2v) is 7.57. The minimum absolute atomic E-state index is 0.0630. The van der Waals surface area contributed by atoms with Crippen molar-refractivity contribution in [2.24, 2.45) is 5.92 Å². The second kappa shape index (κ2) is 7.71. The average Bonchev–Trinajstić information content (AvgIpc) is 2.70. The highest BCUT2D eigenvalue weighted by molar-refractivity contribution is 6.31. The molecule has 1 aliphatic rings. The quantitative estimate of drug-likeness (QED) is 0.661. The maximum Gasteiger partial charge on any atom is 0.307 e. The number of carboxylic acids is 1. The highest BCUT2D eigenvalue weighted by Crippen LogP contribution is 2.38. The average molecular weight is 380 g/mol. The van der Waals surface area contributed by atoms with Crippen molar-refractivity contribution in [1.82, 2.24) is 4.90 Å². The predicted octanol–water partition coefficient (Wildman–Crippen LogP) is 5.38.